The largest absolute Gasteiger partial charge is 0.463 e. The fourth-order valence-electron chi connectivity index (χ4n) is 1.01. The molecule has 0 aliphatic heterocycles. The normalized spacial score (nSPS) is 10.2. The number of hydrogen-bond acceptors (Lipinski definition) is 3. The zero-order valence-electron chi connectivity index (χ0n) is 5.65. The minimum Gasteiger partial charge on any atom is -0.463 e. The van der Waals surface area contributed by atoms with E-state index < -0.39 is 0 Å². The molecule has 0 N–H and O–H groups in total. The summed E-state index contributed by atoms with van der Waals surface area (Å²) in [6.07, 6.45) is 5.41. The molecular formula is C8H5NO2. The van der Waals surface area contributed by atoms with Gasteiger partial charge >= 0.3 is 0 Å². The highest BCUT2D eigenvalue weighted by Crippen LogP contribution is 2.16. The maximum absolute atomic E-state index is 10.4. The summed E-state index contributed by atoms with van der Waals surface area (Å²) in [6, 6.07) is 1.75. The van der Waals surface area contributed by atoms with E-state index in [2.05, 4.69) is 4.98 Å². The lowest BCUT2D eigenvalue weighted by Gasteiger charge is -1.89. The number of rotatable bonds is 1. The smallest absolute Gasteiger partial charge is 0.152 e. The van der Waals surface area contributed by atoms with E-state index in [9.17, 15) is 4.79 Å². The van der Waals surface area contributed by atoms with Crippen molar-refractivity contribution in [2.45, 2.75) is 0 Å². The quantitative estimate of drug-likeness (QED) is 0.576. The summed E-state index contributed by atoms with van der Waals surface area (Å²) in [5.41, 5.74) is 1.21. The van der Waals surface area contributed by atoms with Gasteiger partial charge in [-0.1, -0.05) is 0 Å². The molecule has 11 heavy (non-hydrogen) atoms. The molecule has 0 unspecified atom stereocenters. The Morgan fingerprint density at radius 3 is 3.18 bits per heavy atom. The Kier molecular flexibility index (Phi) is 1.22. The van der Waals surface area contributed by atoms with E-state index in [1.54, 1.807) is 18.5 Å². The zero-order valence-corrected chi connectivity index (χ0v) is 5.65. The van der Waals surface area contributed by atoms with Crippen LogP contribution in [-0.4, -0.2) is 11.3 Å². The van der Waals surface area contributed by atoms with Gasteiger partial charge in [-0.3, -0.25) is 9.78 Å². The summed E-state index contributed by atoms with van der Waals surface area (Å²) in [4.78, 5) is 14.3. The van der Waals surface area contributed by atoms with Crippen LogP contribution in [0, 0.1) is 0 Å². The Labute approximate surface area is 62.7 Å². The highest BCUT2D eigenvalue weighted by atomic mass is 16.3. The number of fused-ring (bicyclic) bond motifs is 1. The number of carbonyl (C=O) groups excluding carboxylic acids is 1. The molecule has 0 aliphatic rings. The summed E-state index contributed by atoms with van der Waals surface area (Å²) >= 11 is 0. The van der Waals surface area contributed by atoms with E-state index in [0.29, 0.717) is 11.1 Å². The second-order valence-corrected chi connectivity index (χ2v) is 2.18. The predicted molar refractivity (Wildman–Crippen MR) is 39.4 cm³/mol. The molecule has 0 spiro atoms. The number of hydrogen-bond donors (Lipinski definition) is 0. The van der Waals surface area contributed by atoms with Crippen molar-refractivity contribution in [2.24, 2.45) is 0 Å². The van der Waals surface area contributed by atoms with Crippen LogP contribution in [0.15, 0.2) is 29.1 Å². The predicted octanol–water partition coefficient (Wildman–Crippen LogP) is 1.64. The molecule has 2 heterocycles. The van der Waals surface area contributed by atoms with Gasteiger partial charge < -0.3 is 4.42 Å². The van der Waals surface area contributed by atoms with E-state index in [0.717, 1.165) is 11.7 Å². The first-order chi connectivity index (χ1) is 5.42. The SMILES string of the molecule is O=Cc1cncc2occc12. The fraction of sp³-hybridized carbons (Fsp3) is 0. The molecule has 0 aromatic carbocycles. The molecule has 2 aromatic rings. The lowest BCUT2D eigenvalue weighted by Crippen LogP contribution is -1.81. The molecule has 0 bridgehead atoms. The van der Waals surface area contributed by atoms with Crippen LogP contribution >= 0.6 is 0 Å². The lowest BCUT2D eigenvalue weighted by atomic mass is 10.2. The van der Waals surface area contributed by atoms with Crippen molar-refractivity contribution in [1.82, 2.24) is 4.98 Å². The second kappa shape index (κ2) is 2.20. The molecule has 0 fully saturated rings. The van der Waals surface area contributed by atoms with E-state index in [1.165, 1.54) is 6.20 Å². The van der Waals surface area contributed by atoms with Gasteiger partial charge in [-0.25, -0.2) is 0 Å². The van der Waals surface area contributed by atoms with Gasteiger partial charge in [-0.2, -0.15) is 0 Å². The van der Waals surface area contributed by atoms with Gasteiger partial charge in [0.25, 0.3) is 0 Å². The first kappa shape index (κ1) is 6.09. The van der Waals surface area contributed by atoms with Gasteiger partial charge in [0, 0.05) is 17.1 Å². The molecule has 54 valence electrons. The molecular weight excluding hydrogens is 142 g/mol. The summed E-state index contributed by atoms with van der Waals surface area (Å²) in [5.74, 6) is 0. The minimum absolute atomic E-state index is 0.566. The van der Waals surface area contributed by atoms with Crippen molar-refractivity contribution in [2.75, 3.05) is 0 Å². The Bertz CT molecular complexity index is 392. The highest BCUT2D eigenvalue weighted by Gasteiger charge is 2.00. The number of carbonyl (C=O) groups is 1. The van der Waals surface area contributed by atoms with Crippen LogP contribution in [0.4, 0.5) is 0 Å². The number of aldehydes is 1. The topological polar surface area (TPSA) is 43.1 Å². The maximum Gasteiger partial charge on any atom is 0.152 e. The Hall–Kier alpha value is -1.64. The summed E-state index contributed by atoms with van der Waals surface area (Å²) < 4.78 is 5.04. The monoisotopic (exact) mass is 147 g/mol. The molecule has 0 atom stereocenters. The molecule has 3 heteroatoms. The minimum atomic E-state index is 0.566. The van der Waals surface area contributed by atoms with Crippen molar-refractivity contribution in [3.8, 4) is 0 Å². The summed E-state index contributed by atoms with van der Waals surface area (Å²) in [7, 11) is 0. The van der Waals surface area contributed by atoms with E-state index in [-0.39, 0.29) is 0 Å². The van der Waals surface area contributed by atoms with Crippen LogP contribution in [0.3, 0.4) is 0 Å². The van der Waals surface area contributed by atoms with Crippen LogP contribution in [0.25, 0.3) is 11.0 Å². The van der Waals surface area contributed by atoms with Gasteiger partial charge in [0.1, 0.15) is 0 Å². The van der Waals surface area contributed by atoms with Gasteiger partial charge in [0.05, 0.1) is 12.5 Å². The number of furan rings is 1. The van der Waals surface area contributed by atoms with Crippen molar-refractivity contribution >= 4 is 17.3 Å². The summed E-state index contributed by atoms with van der Waals surface area (Å²) in [5, 5.41) is 0.815. The van der Waals surface area contributed by atoms with Crippen molar-refractivity contribution < 1.29 is 9.21 Å². The average molecular weight is 147 g/mol. The second-order valence-electron chi connectivity index (χ2n) is 2.18. The van der Waals surface area contributed by atoms with Crippen LogP contribution in [0.1, 0.15) is 10.4 Å². The lowest BCUT2D eigenvalue weighted by molar-refractivity contribution is 0.112. The number of nitrogens with zero attached hydrogens (tertiary/aromatic N) is 1. The van der Waals surface area contributed by atoms with E-state index >= 15 is 0 Å². The Balaban J connectivity index is 2.88. The van der Waals surface area contributed by atoms with Gasteiger partial charge in [0.15, 0.2) is 11.9 Å². The van der Waals surface area contributed by atoms with Crippen molar-refractivity contribution in [3.05, 3.63) is 30.3 Å². The third-order valence-electron chi connectivity index (χ3n) is 1.54. The van der Waals surface area contributed by atoms with E-state index in [4.69, 9.17) is 4.42 Å². The van der Waals surface area contributed by atoms with Crippen LogP contribution in [0.2, 0.25) is 0 Å². The Morgan fingerprint density at radius 1 is 1.45 bits per heavy atom. The van der Waals surface area contributed by atoms with E-state index in [1.807, 2.05) is 0 Å². The first-order valence-electron chi connectivity index (χ1n) is 3.18. The third-order valence-corrected chi connectivity index (χ3v) is 1.54. The highest BCUT2D eigenvalue weighted by molar-refractivity contribution is 5.94. The zero-order chi connectivity index (χ0) is 7.68. The van der Waals surface area contributed by atoms with Crippen LogP contribution < -0.4 is 0 Å². The Morgan fingerprint density at radius 2 is 2.36 bits per heavy atom. The van der Waals surface area contributed by atoms with Crippen molar-refractivity contribution in [3.63, 3.8) is 0 Å². The van der Waals surface area contributed by atoms with Gasteiger partial charge in [-0.15, -0.1) is 0 Å². The molecule has 0 saturated carbocycles. The van der Waals surface area contributed by atoms with Gasteiger partial charge in [-0.05, 0) is 6.07 Å². The molecule has 0 radical (unpaired) electrons. The first-order valence-corrected chi connectivity index (χ1v) is 3.18. The number of pyridine rings is 1. The van der Waals surface area contributed by atoms with Crippen LogP contribution in [0.5, 0.6) is 0 Å². The standard InChI is InChI=1S/C8H5NO2/c10-5-6-3-9-4-8-7(6)1-2-11-8/h1-5H. The van der Waals surface area contributed by atoms with Crippen molar-refractivity contribution in [1.29, 1.82) is 0 Å². The molecule has 0 saturated heterocycles. The molecule has 3 nitrogen and oxygen atoms in total. The number of aromatic nitrogens is 1. The fourth-order valence-corrected chi connectivity index (χ4v) is 1.01. The van der Waals surface area contributed by atoms with Gasteiger partial charge in [0.2, 0.25) is 0 Å². The molecule has 2 aromatic heterocycles. The maximum atomic E-state index is 10.4. The summed E-state index contributed by atoms with van der Waals surface area (Å²) in [6.45, 7) is 0. The molecule has 0 amide bonds. The third kappa shape index (κ3) is 0.816. The molecule has 2 rings (SSSR count). The average Bonchev–Trinajstić information content (AvgIpc) is 2.50. The van der Waals surface area contributed by atoms with Crippen LogP contribution in [-0.2, 0) is 0 Å². The molecule has 0 aliphatic carbocycles.